The average molecular weight is 130 g/mol. The highest BCUT2D eigenvalue weighted by atomic mass is 16.5. The van der Waals surface area contributed by atoms with Crippen molar-refractivity contribution in [3.8, 4) is 0 Å². The largest absolute Gasteiger partial charge is 0.348 e. The predicted molar refractivity (Wildman–Crippen MR) is 35.8 cm³/mol. The minimum absolute atomic E-state index is 0.287. The van der Waals surface area contributed by atoms with E-state index in [4.69, 9.17) is 10.5 Å². The lowest BCUT2D eigenvalue weighted by Gasteiger charge is -2.18. The van der Waals surface area contributed by atoms with Gasteiger partial charge in [0.15, 0.2) is 0 Å². The molecule has 54 valence electrons. The average Bonchev–Trinajstić information content (AvgIpc) is 2.18. The van der Waals surface area contributed by atoms with Crippen molar-refractivity contribution in [3.63, 3.8) is 0 Å². The Morgan fingerprint density at radius 2 is 2.56 bits per heavy atom. The first-order valence-electron chi connectivity index (χ1n) is 3.36. The molecule has 0 saturated carbocycles. The SMILES string of the molecule is CN1CCCC1OCN. The summed E-state index contributed by atoms with van der Waals surface area (Å²) >= 11 is 0. The molecule has 2 N–H and O–H groups in total. The van der Waals surface area contributed by atoms with Crippen LogP contribution in [0, 0.1) is 0 Å². The number of hydrogen-bond donors (Lipinski definition) is 1. The number of hydrogen-bond acceptors (Lipinski definition) is 3. The van der Waals surface area contributed by atoms with E-state index in [1.54, 1.807) is 0 Å². The van der Waals surface area contributed by atoms with Gasteiger partial charge in [-0.2, -0.15) is 0 Å². The van der Waals surface area contributed by atoms with Crippen LogP contribution >= 0.6 is 0 Å². The van der Waals surface area contributed by atoms with E-state index in [2.05, 4.69) is 11.9 Å². The molecule has 1 heterocycles. The third kappa shape index (κ3) is 1.64. The Bertz CT molecular complexity index is 87.1. The molecule has 0 bridgehead atoms. The molecule has 1 unspecified atom stereocenters. The van der Waals surface area contributed by atoms with Crippen LogP contribution in [0.15, 0.2) is 0 Å². The standard InChI is InChI=1S/C6H14N2O/c1-8-4-2-3-6(8)9-5-7/h6H,2-5,7H2,1H3. The third-order valence-electron chi connectivity index (χ3n) is 1.74. The second-order valence-electron chi connectivity index (χ2n) is 2.41. The van der Waals surface area contributed by atoms with E-state index in [1.807, 2.05) is 0 Å². The molecule has 3 nitrogen and oxygen atoms in total. The van der Waals surface area contributed by atoms with Crippen LogP contribution in [-0.4, -0.2) is 31.5 Å². The summed E-state index contributed by atoms with van der Waals surface area (Å²) in [7, 11) is 2.06. The summed E-state index contributed by atoms with van der Waals surface area (Å²) < 4.78 is 5.22. The van der Waals surface area contributed by atoms with Crippen LogP contribution in [0.5, 0.6) is 0 Å². The van der Waals surface area contributed by atoms with Gasteiger partial charge in [-0.05, 0) is 19.9 Å². The van der Waals surface area contributed by atoms with Gasteiger partial charge in [0.25, 0.3) is 0 Å². The van der Waals surface area contributed by atoms with Crippen molar-refractivity contribution >= 4 is 0 Å². The predicted octanol–water partition coefficient (Wildman–Crippen LogP) is -0.0291. The van der Waals surface area contributed by atoms with Gasteiger partial charge in [-0.25, -0.2) is 0 Å². The van der Waals surface area contributed by atoms with Crippen molar-refractivity contribution in [2.45, 2.75) is 19.1 Å². The minimum atomic E-state index is 0.287. The van der Waals surface area contributed by atoms with Gasteiger partial charge in [0.05, 0.1) is 6.73 Å². The smallest absolute Gasteiger partial charge is 0.112 e. The van der Waals surface area contributed by atoms with Crippen molar-refractivity contribution in [2.75, 3.05) is 20.3 Å². The van der Waals surface area contributed by atoms with E-state index in [9.17, 15) is 0 Å². The Morgan fingerprint density at radius 1 is 1.78 bits per heavy atom. The molecular formula is C6H14N2O. The lowest BCUT2D eigenvalue weighted by atomic mass is 10.4. The molecular weight excluding hydrogens is 116 g/mol. The van der Waals surface area contributed by atoms with Gasteiger partial charge < -0.3 is 10.5 Å². The number of nitrogens with zero attached hydrogens (tertiary/aromatic N) is 1. The fourth-order valence-corrected chi connectivity index (χ4v) is 1.20. The number of rotatable bonds is 2. The van der Waals surface area contributed by atoms with E-state index >= 15 is 0 Å². The van der Waals surface area contributed by atoms with Crippen molar-refractivity contribution < 1.29 is 4.74 Å². The second kappa shape index (κ2) is 3.15. The van der Waals surface area contributed by atoms with Crippen LogP contribution in [0.4, 0.5) is 0 Å². The van der Waals surface area contributed by atoms with Crippen LogP contribution in [0.3, 0.4) is 0 Å². The minimum Gasteiger partial charge on any atom is -0.348 e. The molecule has 0 aliphatic carbocycles. The van der Waals surface area contributed by atoms with Gasteiger partial charge in [0, 0.05) is 6.54 Å². The van der Waals surface area contributed by atoms with Crippen molar-refractivity contribution in [1.29, 1.82) is 0 Å². The maximum Gasteiger partial charge on any atom is 0.112 e. The molecule has 0 radical (unpaired) electrons. The summed E-state index contributed by atoms with van der Waals surface area (Å²) in [5, 5.41) is 0. The Morgan fingerprint density at radius 3 is 3.00 bits per heavy atom. The highest BCUT2D eigenvalue weighted by Crippen LogP contribution is 2.14. The first kappa shape index (κ1) is 6.99. The lowest BCUT2D eigenvalue weighted by molar-refractivity contribution is -0.0203. The van der Waals surface area contributed by atoms with Crippen LogP contribution in [-0.2, 0) is 4.74 Å². The molecule has 1 saturated heterocycles. The maximum atomic E-state index is 5.22. The molecule has 1 aliphatic rings. The van der Waals surface area contributed by atoms with Gasteiger partial charge >= 0.3 is 0 Å². The fourth-order valence-electron chi connectivity index (χ4n) is 1.20. The Labute approximate surface area is 55.8 Å². The van der Waals surface area contributed by atoms with E-state index < -0.39 is 0 Å². The summed E-state index contributed by atoms with van der Waals surface area (Å²) in [6, 6.07) is 0. The molecule has 0 aromatic carbocycles. The summed E-state index contributed by atoms with van der Waals surface area (Å²) in [5.41, 5.74) is 5.22. The third-order valence-corrected chi connectivity index (χ3v) is 1.74. The van der Waals surface area contributed by atoms with E-state index in [0.717, 1.165) is 13.0 Å². The molecule has 0 amide bonds. The van der Waals surface area contributed by atoms with Gasteiger partial charge in [-0.1, -0.05) is 0 Å². The number of likely N-dealkylation sites (tertiary alicyclic amines) is 1. The molecule has 1 rings (SSSR count). The van der Waals surface area contributed by atoms with Gasteiger partial charge in [0.1, 0.15) is 6.23 Å². The molecule has 9 heavy (non-hydrogen) atoms. The van der Waals surface area contributed by atoms with Crippen molar-refractivity contribution in [3.05, 3.63) is 0 Å². The summed E-state index contributed by atoms with van der Waals surface area (Å²) in [6.07, 6.45) is 2.66. The topological polar surface area (TPSA) is 38.5 Å². The van der Waals surface area contributed by atoms with Crippen LogP contribution in [0.25, 0.3) is 0 Å². The van der Waals surface area contributed by atoms with Gasteiger partial charge in [-0.3, -0.25) is 4.90 Å². The monoisotopic (exact) mass is 130 g/mol. The van der Waals surface area contributed by atoms with Crippen molar-refractivity contribution in [2.24, 2.45) is 5.73 Å². The summed E-state index contributed by atoms with van der Waals surface area (Å²) in [6.45, 7) is 1.49. The summed E-state index contributed by atoms with van der Waals surface area (Å²) in [5.74, 6) is 0. The van der Waals surface area contributed by atoms with Crippen molar-refractivity contribution in [1.82, 2.24) is 4.90 Å². The quantitative estimate of drug-likeness (QED) is 0.533. The van der Waals surface area contributed by atoms with E-state index in [1.165, 1.54) is 6.42 Å². The Kier molecular flexibility index (Phi) is 2.45. The zero-order valence-electron chi connectivity index (χ0n) is 5.84. The molecule has 0 aromatic heterocycles. The molecule has 1 aliphatic heterocycles. The maximum absolute atomic E-state index is 5.22. The molecule has 0 aromatic rings. The second-order valence-corrected chi connectivity index (χ2v) is 2.41. The first-order chi connectivity index (χ1) is 4.34. The number of ether oxygens (including phenoxy) is 1. The highest BCUT2D eigenvalue weighted by Gasteiger charge is 2.19. The lowest BCUT2D eigenvalue weighted by Crippen LogP contribution is -2.29. The zero-order valence-corrected chi connectivity index (χ0v) is 5.84. The molecule has 3 heteroatoms. The normalized spacial score (nSPS) is 29.3. The molecule has 1 fully saturated rings. The van der Waals surface area contributed by atoms with Crippen LogP contribution in [0.1, 0.15) is 12.8 Å². The first-order valence-corrected chi connectivity index (χ1v) is 3.36. The summed E-state index contributed by atoms with van der Waals surface area (Å²) in [4.78, 5) is 2.19. The zero-order chi connectivity index (χ0) is 6.69. The molecule has 1 atom stereocenters. The Balaban J connectivity index is 2.22. The van der Waals surface area contributed by atoms with Gasteiger partial charge in [-0.15, -0.1) is 0 Å². The fraction of sp³-hybridized carbons (Fsp3) is 1.00. The number of nitrogens with two attached hydrogens (primary N) is 1. The van der Waals surface area contributed by atoms with E-state index in [-0.39, 0.29) is 6.23 Å². The van der Waals surface area contributed by atoms with Gasteiger partial charge in [0.2, 0.25) is 0 Å². The highest BCUT2D eigenvalue weighted by molar-refractivity contribution is 4.67. The van der Waals surface area contributed by atoms with E-state index in [0.29, 0.717) is 6.73 Å². The van der Waals surface area contributed by atoms with Crippen LogP contribution < -0.4 is 5.73 Å². The molecule has 0 spiro atoms. The Hall–Kier alpha value is -0.120. The van der Waals surface area contributed by atoms with Crippen LogP contribution in [0.2, 0.25) is 0 Å².